The van der Waals surface area contributed by atoms with Gasteiger partial charge in [0.15, 0.2) is 0 Å². The highest BCUT2D eigenvalue weighted by Crippen LogP contribution is 2.48. The first-order valence-electron chi connectivity index (χ1n) is 11.8. The van der Waals surface area contributed by atoms with Gasteiger partial charge in [0.05, 0.1) is 41.3 Å². The zero-order valence-electron chi connectivity index (χ0n) is 19.1. The van der Waals surface area contributed by atoms with Crippen LogP contribution in [0.1, 0.15) is 29.3 Å². The summed E-state index contributed by atoms with van der Waals surface area (Å²) in [6.45, 7) is 6.16. The predicted octanol–water partition coefficient (Wildman–Crippen LogP) is 4.35. The molecule has 1 aliphatic carbocycles. The fourth-order valence-electron chi connectivity index (χ4n) is 5.33. The lowest BCUT2D eigenvalue weighted by atomic mass is 9.90. The minimum absolute atomic E-state index is 0.0244. The van der Waals surface area contributed by atoms with Gasteiger partial charge < -0.3 is 10.1 Å². The highest BCUT2D eigenvalue weighted by Gasteiger charge is 2.58. The molecule has 176 valence electrons. The number of amides is 2. The Hall–Kier alpha value is -2.32. The average molecular weight is 496 g/mol. The van der Waals surface area contributed by atoms with Gasteiger partial charge in [-0.1, -0.05) is 11.6 Å². The lowest BCUT2D eigenvalue weighted by Crippen LogP contribution is -2.47. The van der Waals surface area contributed by atoms with Gasteiger partial charge in [0, 0.05) is 40.7 Å². The molecule has 2 unspecified atom stereocenters. The first kappa shape index (κ1) is 22.2. The molecule has 2 saturated heterocycles. The second-order valence-electron chi connectivity index (χ2n) is 9.60. The number of hydrogen-bond acceptors (Lipinski definition) is 6. The zero-order chi connectivity index (χ0) is 23.6. The third-order valence-corrected chi connectivity index (χ3v) is 8.69. The molecule has 2 aliphatic heterocycles. The Bertz CT molecular complexity index is 1300. The van der Waals surface area contributed by atoms with Crippen molar-refractivity contribution in [2.45, 2.75) is 45.4 Å². The third-order valence-electron chi connectivity index (χ3n) is 7.33. The molecule has 3 aromatic rings. The molecule has 34 heavy (non-hydrogen) atoms. The summed E-state index contributed by atoms with van der Waals surface area (Å²) in [5.74, 6) is -0.204. The van der Waals surface area contributed by atoms with E-state index in [0.29, 0.717) is 18.2 Å². The highest BCUT2D eigenvalue weighted by atomic mass is 35.5. The first-order valence-corrected chi connectivity index (χ1v) is 13.0. The van der Waals surface area contributed by atoms with Crippen LogP contribution < -0.4 is 5.32 Å². The van der Waals surface area contributed by atoms with Crippen molar-refractivity contribution in [2.75, 3.05) is 13.2 Å². The molecular weight excluding hydrogens is 470 g/mol. The molecule has 0 radical (unpaired) electrons. The van der Waals surface area contributed by atoms with Crippen molar-refractivity contribution in [3.63, 3.8) is 0 Å². The maximum Gasteiger partial charge on any atom is 0.233 e. The van der Waals surface area contributed by atoms with Crippen molar-refractivity contribution >= 4 is 45.0 Å². The van der Waals surface area contributed by atoms with Crippen LogP contribution >= 0.6 is 22.9 Å². The fourth-order valence-corrected chi connectivity index (χ4v) is 6.74. The highest BCUT2D eigenvalue weighted by molar-refractivity contribution is 7.19. The molecule has 4 atom stereocenters. The van der Waals surface area contributed by atoms with E-state index in [9.17, 15) is 9.59 Å². The number of likely N-dealkylation sites (tertiary alicyclic amines) is 1. The molecule has 0 bridgehead atoms. The molecule has 4 heterocycles. The molecule has 1 N–H and O–H groups in total. The summed E-state index contributed by atoms with van der Waals surface area (Å²) in [7, 11) is 0. The smallest absolute Gasteiger partial charge is 0.233 e. The molecule has 2 amide bonds. The van der Waals surface area contributed by atoms with Crippen molar-refractivity contribution in [2.24, 2.45) is 11.8 Å². The van der Waals surface area contributed by atoms with Crippen molar-refractivity contribution < 1.29 is 14.3 Å². The van der Waals surface area contributed by atoms with Crippen molar-refractivity contribution in [3.8, 4) is 11.1 Å². The quantitative estimate of drug-likeness (QED) is 0.533. The second kappa shape index (κ2) is 8.41. The van der Waals surface area contributed by atoms with Crippen LogP contribution in [0.15, 0.2) is 30.5 Å². The SMILES string of the molecule is Cc1cc(Cl)cc(-c2ccnc3cc(CN4C(=O)C5CC5C4=O)sc23)c1C[C@H]1OCCN[C@H]1C. The Kier molecular flexibility index (Phi) is 5.48. The van der Waals surface area contributed by atoms with E-state index in [1.807, 2.05) is 30.5 Å². The van der Waals surface area contributed by atoms with Gasteiger partial charge in [-0.2, -0.15) is 0 Å². The normalized spacial score (nSPS) is 26.4. The maximum absolute atomic E-state index is 12.5. The molecule has 1 aromatic carbocycles. The summed E-state index contributed by atoms with van der Waals surface area (Å²) in [5, 5.41) is 4.20. The minimum atomic E-state index is -0.0774. The number of piperidine rings is 1. The Morgan fingerprint density at radius 2 is 2.00 bits per heavy atom. The molecular formula is C26H26ClN3O3S. The number of fused-ring (bicyclic) bond motifs is 2. The molecule has 0 spiro atoms. The van der Waals surface area contributed by atoms with E-state index in [4.69, 9.17) is 16.3 Å². The lowest BCUT2D eigenvalue weighted by molar-refractivity contribution is -0.141. The first-order chi connectivity index (χ1) is 16.4. The predicted molar refractivity (Wildman–Crippen MR) is 133 cm³/mol. The summed E-state index contributed by atoms with van der Waals surface area (Å²) >= 11 is 8.12. The largest absolute Gasteiger partial charge is 0.375 e. The number of pyridine rings is 1. The Balaban J connectivity index is 1.38. The van der Waals surface area contributed by atoms with Gasteiger partial charge >= 0.3 is 0 Å². The Morgan fingerprint density at radius 3 is 2.76 bits per heavy atom. The second-order valence-corrected chi connectivity index (χ2v) is 11.2. The minimum Gasteiger partial charge on any atom is -0.375 e. The van der Waals surface area contributed by atoms with Crippen LogP contribution in [-0.4, -0.2) is 47.0 Å². The third kappa shape index (κ3) is 3.75. The van der Waals surface area contributed by atoms with E-state index in [-0.39, 0.29) is 35.8 Å². The summed E-state index contributed by atoms with van der Waals surface area (Å²) in [6.07, 6.45) is 3.41. The molecule has 3 fully saturated rings. The molecule has 8 heteroatoms. The molecule has 1 saturated carbocycles. The number of thiophene rings is 1. The van der Waals surface area contributed by atoms with E-state index in [1.165, 1.54) is 10.5 Å². The number of aromatic nitrogens is 1. The van der Waals surface area contributed by atoms with E-state index in [2.05, 4.69) is 24.1 Å². The Labute approximate surface area is 207 Å². The van der Waals surface area contributed by atoms with Gasteiger partial charge in [-0.15, -0.1) is 11.3 Å². The van der Waals surface area contributed by atoms with Crippen LogP contribution in [0.2, 0.25) is 5.02 Å². The summed E-state index contributed by atoms with van der Waals surface area (Å²) in [4.78, 5) is 31.9. The number of rotatable bonds is 5. The van der Waals surface area contributed by atoms with E-state index in [1.54, 1.807) is 11.3 Å². The van der Waals surface area contributed by atoms with Crippen molar-refractivity contribution in [3.05, 3.63) is 51.5 Å². The molecule has 6 nitrogen and oxygen atoms in total. The lowest BCUT2D eigenvalue weighted by Gasteiger charge is -2.31. The van der Waals surface area contributed by atoms with Gasteiger partial charge in [-0.25, -0.2) is 0 Å². The number of nitrogens with zero attached hydrogens (tertiary/aromatic N) is 2. The van der Waals surface area contributed by atoms with Gasteiger partial charge in [0.2, 0.25) is 11.8 Å². The van der Waals surface area contributed by atoms with Crippen LogP contribution in [0.25, 0.3) is 21.3 Å². The maximum atomic E-state index is 12.5. The molecule has 6 rings (SSSR count). The monoisotopic (exact) mass is 495 g/mol. The van der Waals surface area contributed by atoms with Crippen LogP contribution in [0.4, 0.5) is 0 Å². The standard InChI is InChI=1S/C26H26ClN3O3S/c1-13-7-15(27)8-19(18(13)11-23-14(2)28-5-6-33-23)17-3-4-29-22-9-16(34-24(17)22)12-30-25(31)20-10-21(20)26(30)32/h3-4,7-9,14,20-21,23,28H,5-6,10-12H2,1-2H3/t14-,20?,21?,23+/m0/s1. The summed E-state index contributed by atoms with van der Waals surface area (Å²) < 4.78 is 7.14. The van der Waals surface area contributed by atoms with Crippen LogP contribution in [0, 0.1) is 18.8 Å². The Morgan fingerprint density at radius 1 is 1.21 bits per heavy atom. The number of carbonyl (C=O) groups is 2. The zero-order valence-corrected chi connectivity index (χ0v) is 20.7. The number of carbonyl (C=O) groups excluding carboxylic acids is 2. The van der Waals surface area contributed by atoms with E-state index < -0.39 is 0 Å². The summed E-state index contributed by atoms with van der Waals surface area (Å²) in [6, 6.07) is 8.34. The number of hydrogen-bond donors (Lipinski definition) is 1. The summed E-state index contributed by atoms with van der Waals surface area (Å²) in [5.41, 5.74) is 5.38. The number of aryl methyl sites for hydroxylation is 1. The number of halogens is 1. The van der Waals surface area contributed by atoms with Gasteiger partial charge in [0.1, 0.15) is 0 Å². The van der Waals surface area contributed by atoms with Crippen LogP contribution in [0.3, 0.4) is 0 Å². The van der Waals surface area contributed by atoms with Crippen molar-refractivity contribution in [1.29, 1.82) is 0 Å². The van der Waals surface area contributed by atoms with Crippen molar-refractivity contribution in [1.82, 2.24) is 15.2 Å². The molecule has 2 aromatic heterocycles. The van der Waals surface area contributed by atoms with Gasteiger partial charge in [0.25, 0.3) is 0 Å². The number of imide groups is 1. The topological polar surface area (TPSA) is 71.5 Å². The van der Waals surface area contributed by atoms with Crippen LogP contribution in [0.5, 0.6) is 0 Å². The molecule has 3 aliphatic rings. The van der Waals surface area contributed by atoms with Crippen LogP contribution in [-0.2, 0) is 27.3 Å². The number of morpholine rings is 1. The number of ether oxygens (including phenoxy) is 1. The number of nitrogens with one attached hydrogen (secondary N) is 1. The average Bonchev–Trinajstić information content (AvgIpc) is 3.45. The number of benzene rings is 1. The van der Waals surface area contributed by atoms with Gasteiger partial charge in [-0.3, -0.25) is 19.5 Å². The van der Waals surface area contributed by atoms with Gasteiger partial charge in [-0.05, 0) is 61.2 Å². The van der Waals surface area contributed by atoms with E-state index in [0.717, 1.165) is 51.2 Å². The van der Waals surface area contributed by atoms with E-state index >= 15 is 0 Å². The fraction of sp³-hybridized carbons (Fsp3) is 0.423.